The molecule has 2 aromatic rings. The summed E-state index contributed by atoms with van der Waals surface area (Å²) >= 11 is 0. The monoisotopic (exact) mass is 190 g/mol. The molecule has 14 heavy (non-hydrogen) atoms. The van der Waals surface area contributed by atoms with E-state index in [-0.39, 0.29) is 0 Å². The number of nitrogens with zero attached hydrogens (tertiary/aromatic N) is 3. The van der Waals surface area contributed by atoms with Crippen molar-refractivity contribution in [2.75, 3.05) is 6.54 Å². The van der Waals surface area contributed by atoms with E-state index in [0.717, 1.165) is 30.4 Å². The number of rotatable bonds is 3. The Morgan fingerprint density at radius 1 is 1.43 bits per heavy atom. The minimum atomic E-state index is 0.719. The number of benzene rings is 1. The Bertz CT molecular complexity index is 433. The fourth-order valence-electron chi connectivity index (χ4n) is 1.61. The first-order chi connectivity index (χ1) is 6.83. The molecule has 0 saturated carbocycles. The van der Waals surface area contributed by atoms with Crippen LogP contribution in [0.3, 0.4) is 0 Å². The van der Waals surface area contributed by atoms with Gasteiger partial charge in [-0.05, 0) is 31.0 Å². The topological polar surface area (TPSA) is 56.7 Å². The van der Waals surface area contributed by atoms with Crippen LogP contribution in [-0.2, 0) is 13.5 Å². The van der Waals surface area contributed by atoms with Crippen LogP contribution in [0.1, 0.15) is 12.0 Å². The first kappa shape index (κ1) is 9.15. The van der Waals surface area contributed by atoms with Crippen molar-refractivity contribution < 1.29 is 0 Å². The summed E-state index contributed by atoms with van der Waals surface area (Å²) < 4.78 is 1.79. The molecule has 0 bridgehead atoms. The second-order valence-corrected chi connectivity index (χ2v) is 3.39. The van der Waals surface area contributed by atoms with Gasteiger partial charge in [0, 0.05) is 7.05 Å². The molecule has 1 heterocycles. The van der Waals surface area contributed by atoms with Gasteiger partial charge in [-0.25, -0.2) is 4.68 Å². The standard InChI is InChI=1S/C10H14N4/c1-14-9-6-2-4-8(5-3-7-11)10(9)12-13-14/h2,4,6H,3,5,7,11H2,1H3. The molecule has 2 N–H and O–H groups in total. The third-order valence-corrected chi connectivity index (χ3v) is 2.38. The molecule has 0 unspecified atom stereocenters. The van der Waals surface area contributed by atoms with E-state index in [0.29, 0.717) is 0 Å². The molecule has 4 nitrogen and oxygen atoms in total. The molecule has 0 spiro atoms. The summed E-state index contributed by atoms with van der Waals surface area (Å²) in [5, 5.41) is 8.14. The highest BCUT2D eigenvalue weighted by Gasteiger charge is 2.05. The van der Waals surface area contributed by atoms with Gasteiger partial charge < -0.3 is 5.73 Å². The number of fused-ring (bicyclic) bond motifs is 1. The zero-order valence-corrected chi connectivity index (χ0v) is 8.27. The molecule has 0 aliphatic heterocycles. The van der Waals surface area contributed by atoms with Crippen molar-refractivity contribution in [1.82, 2.24) is 15.0 Å². The highest BCUT2D eigenvalue weighted by Crippen LogP contribution is 2.16. The lowest BCUT2D eigenvalue weighted by atomic mass is 10.1. The highest BCUT2D eigenvalue weighted by molar-refractivity contribution is 5.77. The predicted molar refractivity (Wildman–Crippen MR) is 55.9 cm³/mol. The molecule has 74 valence electrons. The third kappa shape index (κ3) is 1.48. The van der Waals surface area contributed by atoms with Crippen LogP contribution >= 0.6 is 0 Å². The lowest BCUT2D eigenvalue weighted by molar-refractivity contribution is 0.736. The maximum atomic E-state index is 5.48. The van der Waals surface area contributed by atoms with E-state index in [1.807, 2.05) is 19.2 Å². The summed E-state index contributed by atoms with van der Waals surface area (Å²) in [6, 6.07) is 6.16. The zero-order chi connectivity index (χ0) is 9.97. The van der Waals surface area contributed by atoms with Crippen molar-refractivity contribution in [1.29, 1.82) is 0 Å². The molecular weight excluding hydrogens is 176 g/mol. The van der Waals surface area contributed by atoms with Gasteiger partial charge >= 0.3 is 0 Å². The van der Waals surface area contributed by atoms with Gasteiger partial charge in [0.1, 0.15) is 5.52 Å². The van der Waals surface area contributed by atoms with Gasteiger partial charge in [-0.1, -0.05) is 17.3 Å². The fraction of sp³-hybridized carbons (Fsp3) is 0.400. The maximum absolute atomic E-state index is 5.48. The van der Waals surface area contributed by atoms with Crippen molar-refractivity contribution in [3.8, 4) is 0 Å². The number of aromatic nitrogens is 3. The van der Waals surface area contributed by atoms with Gasteiger partial charge in [-0.15, -0.1) is 5.10 Å². The van der Waals surface area contributed by atoms with Crippen molar-refractivity contribution in [2.45, 2.75) is 12.8 Å². The number of aryl methyl sites for hydroxylation is 2. The molecule has 0 aliphatic carbocycles. The third-order valence-electron chi connectivity index (χ3n) is 2.38. The molecule has 4 heteroatoms. The molecule has 1 aromatic heterocycles. The number of hydrogen-bond donors (Lipinski definition) is 1. The van der Waals surface area contributed by atoms with Crippen LogP contribution in [-0.4, -0.2) is 21.5 Å². The average molecular weight is 190 g/mol. The first-order valence-corrected chi connectivity index (χ1v) is 4.80. The normalized spacial score (nSPS) is 11.0. The molecule has 0 fully saturated rings. The van der Waals surface area contributed by atoms with E-state index in [1.165, 1.54) is 5.56 Å². The Kier molecular flexibility index (Phi) is 2.45. The van der Waals surface area contributed by atoms with Crippen LogP contribution in [0.25, 0.3) is 11.0 Å². The van der Waals surface area contributed by atoms with E-state index < -0.39 is 0 Å². The predicted octanol–water partition coefficient (Wildman–Crippen LogP) is 0.860. The minimum Gasteiger partial charge on any atom is -0.330 e. The van der Waals surface area contributed by atoms with Gasteiger partial charge in [0.25, 0.3) is 0 Å². The minimum absolute atomic E-state index is 0.719. The summed E-state index contributed by atoms with van der Waals surface area (Å²) in [6.45, 7) is 0.719. The Hall–Kier alpha value is -1.42. The Morgan fingerprint density at radius 3 is 3.07 bits per heavy atom. The zero-order valence-electron chi connectivity index (χ0n) is 8.27. The molecule has 1 aromatic carbocycles. The maximum Gasteiger partial charge on any atom is 0.116 e. The van der Waals surface area contributed by atoms with Gasteiger partial charge in [0.15, 0.2) is 0 Å². The second-order valence-electron chi connectivity index (χ2n) is 3.39. The van der Waals surface area contributed by atoms with Crippen molar-refractivity contribution >= 4 is 11.0 Å². The second kappa shape index (κ2) is 3.75. The van der Waals surface area contributed by atoms with E-state index in [1.54, 1.807) is 4.68 Å². The van der Waals surface area contributed by atoms with Gasteiger partial charge in [0.05, 0.1) is 5.52 Å². The van der Waals surface area contributed by atoms with Crippen LogP contribution in [0, 0.1) is 0 Å². The van der Waals surface area contributed by atoms with E-state index in [4.69, 9.17) is 5.73 Å². The highest BCUT2D eigenvalue weighted by atomic mass is 15.4. The molecule has 0 saturated heterocycles. The first-order valence-electron chi connectivity index (χ1n) is 4.80. The SMILES string of the molecule is Cn1nnc2c(CCCN)cccc21. The fourth-order valence-corrected chi connectivity index (χ4v) is 1.61. The largest absolute Gasteiger partial charge is 0.330 e. The van der Waals surface area contributed by atoms with Crippen LogP contribution in [0.5, 0.6) is 0 Å². The van der Waals surface area contributed by atoms with Gasteiger partial charge in [-0.3, -0.25) is 0 Å². The Labute approximate surface area is 82.7 Å². The average Bonchev–Trinajstić information content (AvgIpc) is 2.58. The summed E-state index contributed by atoms with van der Waals surface area (Å²) in [4.78, 5) is 0. The van der Waals surface area contributed by atoms with Gasteiger partial charge in [0.2, 0.25) is 0 Å². The molecule has 0 amide bonds. The lowest BCUT2D eigenvalue weighted by Gasteiger charge is -2.00. The van der Waals surface area contributed by atoms with Crippen LogP contribution in [0.4, 0.5) is 0 Å². The molecule has 0 aliphatic rings. The number of hydrogen-bond acceptors (Lipinski definition) is 3. The Morgan fingerprint density at radius 2 is 2.29 bits per heavy atom. The number of nitrogens with two attached hydrogens (primary N) is 1. The lowest BCUT2D eigenvalue weighted by Crippen LogP contribution is -2.00. The summed E-state index contributed by atoms with van der Waals surface area (Å²) in [6.07, 6.45) is 1.97. The van der Waals surface area contributed by atoms with Crippen LogP contribution in [0.2, 0.25) is 0 Å². The van der Waals surface area contributed by atoms with Crippen molar-refractivity contribution in [3.63, 3.8) is 0 Å². The van der Waals surface area contributed by atoms with E-state index >= 15 is 0 Å². The molecular formula is C10H14N4. The summed E-state index contributed by atoms with van der Waals surface area (Å²) in [7, 11) is 1.90. The van der Waals surface area contributed by atoms with E-state index in [2.05, 4.69) is 16.4 Å². The van der Waals surface area contributed by atoms with E-state index in [9.17, 15) is 0 Å². The smallest absolute Gasteiger partial charge is 0.116 e. The quantitative estimate of drug-likeness (QED) is 0.781. The van der Waals surface area contributed by atoms with Crippen molar-refractivity contribution in [2.24, 2.45) is 12.8 Å². The van der Waals surface area contributed by atoms with Crippen LogP contribution < -0.4 is 5.73 Å². The summed E-state index contributed by atoms with van der Waals surface area (Å²) in [5.41, 5.74) is 8.81. The Balaban J connectivity index is 2.44. The summed E-state index contributed by atoms with van der Waals surface area (Å²) in [5.74, 6) is 0. The molecule has 0 atom stereocenters. The van der Waals surface area contributed by atoms with Gasteiger partial charge in [-0.2, -0.15) is 0 Å². The van der Waals surface area contributed by atoms with Crippen LogP contribution in [0.15, 0.2) is 18.2 Å². The molecule has 2 rings (SSSR count). The van der Waals surface area contributed by atoms with Crippen molar-refractivity contribution in [3.05, 3.63) is 23.8 Å². The molecule has 0 radical (unpaired) electrons.